The van der Waals surface area contributed by atoms with E-state index in [1.807, 2.05) is 32.6 Å². The maximum Gasteiger partial charge on any atom is 0.407 e. The maximum absolute atomic E-state index is 13.6. The van der Waals surface area contributed by atoms with Crippen LogP contribution in [0, 0.1) is 18.8 Å². The molecule has 3 saturated heterocycles. The Labute approximate surface area is 373 Å². The lowest BCUT2D eigenvalue weighted by Crippen LogP contribution is -2.55. The minimum atomic E-state index is -0.773. The number of ether oxygens (including phenoxy) is 2. The van der Waals surface area contributed by atoms with Gasteiger partial charge in [0.15, 0.2) is 0 Å². The molecule has 15 nitrogen and oxygen atoms in total. The smallest absolute Gasteiger partial charge is 0.407 e. The van der Waals surface area contributed by atoms with Crippen LogP contribution >= 0.6 is 0 Å². The molecule has 3 unspecified atom stereocenters. The molecule has 0 radical (unpaired) electrons. The van der Waals surface area contributed by atoms with Crippen molar-refractivity contribution >= 4 is 35.2 Å². The van der Waals surface area contributed by atoms with Crippen molar-refractivity contribution in [1.29, 1.82) is 0 Å². The summed E-state index contributed by atoms with van der Waals surface area (Å²) in [6.07, 6.45) is 11.6. The Bertz CT molecular complexity index is 1870. The van der Waals surface area contributed by atoms with Gasteiger partial charge in [-0.3, -0.25) is 19.6 Å². The standard InChI is InChI=1S/C46H65N7O6.CH4O2.4H2/c1-29(2)41(47)44(55)51-25-7-9-37(51)27-59-28-48-34-17-13-32(14-18-34)38-23-24-39(53(38)36-21-11-31(5)12-22-36)33-15-19-35(20-16-33)49-43(54)40-10-8-26-52(40)45(56)42(30(3)4)50-46(57)58-6;1-3-2;;;;/h11-19,21-22,29-30,35,37-42,48H,7-10,20,23-28,47H2,1-6H3,(H,49,54)(H,50,57);2H,1H3;4*1H/t35?,37-,38?,39?,40-,41-,42-;;;;;/m0...../s1. The van der Waals surface area contributed by atoms with E-state index in [9.17, 15) is 19.2 Å². The topological polar surface area (TPSA) is 188 Å². The summed E-state index contributed by atoms with van der Waals surface area (Å²) in [6, 6.07) is 15.7. The van der Waals surface area contributed by atoms with Crippen LogP contribution in [-0.2, 0) is 28.7 Å². The molecule has 62 heavy (non-hydrogen) atoms. The largest absolute Gasteiger partial charge is 0.453 e. The number of carbonyl (C=O) groups is 4. The second-order valence-electron chi connectivity index (χ2n) is 17.4. The van der Waals surface area contributed by atoms with Crippen molar-refractivity contribution < 1.29 is 44.5 Å². The number of hydrogen-bond acceptors (Lipinski definition) is 11. The van der Waals surface area contributed by atoms with Crippen molar-refractivity contribution in [2.75, 3.05) is 50.9 Å². The van der Waals surface area contributed by atoms with E-state index < -0.39 is 24.2 Å². The zero-order chi connectivity index (χ0) is 44.9. The first kappa shape index (κ1) is 48.1. The van der Waals surface area contributed by atoms with Gasteiger partial charge in [0.25, 0.3) is 0 Å². The number of nitrogens with zero attached hydrogens (tertiary/aromatic N) is 3. The van der Waals surface area contributed by atoms with Gasteiger partial charge in [-0.25, -0.2) is 9.68 Å². The van der Waals surface area contributed by atoms with Crippen LogP contribution in [0.15, 0.2) is 72.3 Å². The number of methoxy groups -OCH3 is 1. The molecule has 348 valence electrons. The molecule has 0 bridgehead atoms. The molecule has 6 N–H and O–H groups in total. The first-order valence-electron chi connectivity index (χ1n) is 22.1. The average molecular weight is 868 g/mol. The molecule has 2 aromatic rings. The van der Waals surface area contributed by atoms with Crippen LogP contribution in [0.5, 0.6) is 0 Å². The highest BCUT2D eigenvalue weighted by molar-refractivity contribution is 5.92. The van der Waals surface area contributed by atoms with Gasteiger partial charge in [-0.2, -0.15) is 0 Å². The molecule has 6 rings (SSSR count). The van der Waals surface area contributed by atoms with Gasteiger partial charge >= 0.3 is 6.09 Å². The summed E-state index contributed by atoms with van der Waals surface area (Å²) in [5.41, 5.74) is 12.0. The number of alkyl carbamates (subject to hydrolysis) is 1. The highest BCUT2D eigenvalue weighted by Gasteiger charge is 2.40. The quantitative estimate of drug-likeness (QED) is 0.0543. The number of anilines is 2. The number of nitrogens with one attached hydrogen (secondary N) is 3. The van der Waals surface area contributed by atoms with Crippen LogP contribution in [0.4, 0.5) is 16.2 Å². The molecule has 0 saturated carbocycles. The molecule has 0 spiro atoms. The summed E-state index contributed by atoms with van der Waals surface area (Å²) in [7, 11) is 2.45. The van der Waals surface area contributed by atoms with Crippen molar-refractivity contribution in [2.24, 2.45) is 17.6 Å². The van der Waals surface area contributed by atoms with Crippen LogP contribution in [0.1, 0.15) is 95.5 Å². The van der Waals surface area contributed by atoms with Crippen molar-refractivity contribution in [3.8, 4) is 0 Å². The third-order valence-corrected chi connectivity index (χ3v) is 12.4. The van der Waals surface area contributed by atoms with Crippen molar-refractivity contribution in [3.05, 3.63) is 83.5 Å². The van der Waals surface area contributed by atoms with E-state index in [1.165, 1.54) is 36.6 Å². The Hall–Kier alpha value is -4.96. The lowest BCUT2D eigenvalue weighted by Gasteiger charge is -2.35. The molecule has 15 heteroatoms. The fourth-order valence-electron chi connectivity index (χ4n) is 8.92. The van der Waals surface area contributed by atoms with Crippen LogP contribution in [0.2, 0.25) is 0 Å². The monoisotopic (exact) mass is 868 g/mol. The number of carbonyl (C=O) groups excluding carboxylic acids is 4. The Morgan fingerprint density at radius 1 is 0.871 bits per heavy atom. The van der Waals surface area contributed by atoms with Gasteiger partial charge in [-0.15, -0.1) is 0 Å². The molecular weight excluding hydrogens is 791 g/mol. The molecular formula is C47H77N7O8. The molecule has 4 aliphatic rings. The van der Waals surface area contributed by atoms with E-state index >= 15 is 0 Å². The zero-order valence-electron chi connectivity index (χ0n) is 37.5. The summed E-state index contributed by atoms with van der Waals surface area (Å²) in [4.78, 5) is 61.3. The second kappa shape index (κ2) is 22.9. The molecule has 1 aliphatic carbocycles. The van der Waals surface area contributed by atoms with E-state index in [0.717, 1.165) is 44.3 Å². The average Bonchev–Trinajstić information content (AvgIpc) is 4.05. The number of benzene rings is 2. The van der Waals surface area contributed by atoms with Crippen molar-refractivity contribution in [3.63, 3.8) is 0 Å². The summed E-state index contributed by atoms with van der Waals surface area (Å²) >= 11 is 0. The lowest BCUT2D eigenvalue weighted by atomic mass is 9.95. The summed E-state index contributed by atoms with van der Waals surface area (Å²) < 4.78 is 10.8. The van der Waals surface area contributed by atoms with Gasteiger partial charge in [0.2, 0.25) is 17.7 Å². The normalized spacial score (nSPS) is 23.1. The minimum Gasteiger partial charge on any atom is -0.453 e. The molecule has 4 amide bonds. The maximum atomic E-state index is 13.6. The number of nitrogens with two attached hydrogens (primary N) is 1. The van der Waals surface area contributed by atoms with E-state index in [0.29, 0.717) is 32.7 Å². The minimum absolute atomic E-state index is 0. The van der Waals surface area contributed by atoms with E-state index in [4.69, 9.17) is 20.5 Å². The van der Waals surface area contributed by atoms with E-state index in [-0.39, 0.29) is 59.4 Å². The number of likely N-dealkylation sites (tertiary alicyclic amines) is 2. The Morgan fingerprint density at radius 3 is 2.16 bits per heavy atom. The van der Waals surface area contributed by atoms with Crippen LogP contribution in [-0.4, -0.2) is 116 Å². The van der Waals surface area contributed by atoms with Gasteiger partial charge in [-0.05, 0) is 99.1 Å². The summed E-state index contributed by atoms with van der Waals surface area (Å²) in [5, 5.41) is 16.3. The fourth-order valence-corrected chi connectivity index (χ4v) is 8.92. The molecule has 7 atom stereocenters. The van der Waals surface area contributed by atoms with Gasteiger partial charge < -0.3 is 45.9 Å². The molecule has 0 aromatic heterocycles. The lowest BCUT2D eigenvalue weighted by molar-refractivity contribution is -0.214. The van der Waals surface area contributed by atoms with Gasteiger partial charge in [0.1, 0.15) is 18.8 Å². The van der Waals surface area contributed by atoms with Crippen LogP contribution in [0.3, 0.4) is 0 Å². The van der Waals surface area contributed by atoms with Gasteiger partial charge in [0, 0.05) is 30.2 Å². The molecule has 3 fully saturated rings. The highest BCUT2D eigenvalue weighted by atomic mass is 17.1. The number of aryl methyl sites for hydroxylation is 1. The zero-order valence-corrected chi connectivity index (χ0v) is 37.5. The summed E-state index contributed by atoms with van der Waals surface area (Å²) in [6.45, 7) is 11.8. The second-order valence-corrected chi connectivity index (χ2v) is 17.4. The molecule has 2 aromatic carbocycles. The number of hydrogen-bond donors (Lipinski definition) is 5. The highest BCUT2D eigenvalue weighted by Crippen LogP contribution is 2.43. The molecule has 3 aliphatic heterocycles. The first-order chi connectivity index (χ1) is 29.8. The van der Waals surface area contributed by atoms with Gasteiger partial charge in [0.05, 0.1) is 51.0 Å². The van der Waals surface area contributed by atoms with Crippen molar-refractivity contribution in [2.45, 2.75) is 122 Å². The van der Waals surface area contributed by atoms with Crippen LogP contribution < -0.4 is 26.6 Å². The van der Waals surface area contributed by atoms with E-state index in [1.54, 1.807) is 4.90 Å². The summed E-state index contributed by atoms with van der Waals surface area (Å²) in [5.74, 6) is -0.484. The van der Waals surface area contributed by atoms with Crippen molar-refractivity contribution in [1.82, 2.24) is 20.4 Å². The Morgan fingerprint density at radius 2 is 1.53 bits per heavy atom. The molecule has 3 heterocycles. The van der Waals surface area contributed by atoms with Crippen LogP contribution in [0.25, 0.3) is 0 Å². The van der Waals surface area contributed by atoms with E-state index in [2.05, 4.69) is 99.4 Å². The predicted octanol–water partition coefficient (Wildman–Crippen LogP) is 6.90. The number of rotatable bonds is 15. The number of amides is 4. The van der Waals surface area contributed by atoms with Gasteiger partial charge in [-0.1, -0.05) is 75.8 Å². The Balaban J connectivity index is 0.00000303. The Kier molecular flexibility index (Phi) is 17.8. The first-order valence-corrected chi connectivity index (χ1v) is 22.1. The predicted molar refractivity (Wildman–Crippen MR) is 249 cm³/mol. The fraction of sp³-hybridized carbons (Fsp3) is 0.574. The SMILES string of the molecule is COC(=O)N[C@H](C(=O)N1CCC[C@H]1C(=O)NC1C=CC(C2CCC(c3ccc(NCOC[C@@H]4CCCN4C(=O)[C@@H](N)C(C)C)cc3)N2c2ccc(C)cc2)=CC1)C(C)C.COO.[HH].[HH].[HH].[HH]. The third kappa shape index (κ3) is 12.1. The third-order valence-electron chi connectivity index (χ3n) is 12.4.